The molecule has 0 fully saturated rings. The summed E-state index contributed by atoms with van der Waals surface area (Å²) in [6, 6.07) is 54.0. The monoisotopic (exact) mass is 573 g/mol. The van der Waals surface area contributed by atoms with Gasteiger partial charge in [0.2, 0.25) is 0 Å². The van der Waals surface area contributed by atoms with Crippen molar-refractivity contribution in [3.05, 3.63) is 164 Å². The van der Waals surface area contributed by atoms with Crippen LogP contribution in [0.3, 0.4) is 0 Å². The van der Waals surface area contributed by atoms with Gasteiger partial charge in [-0.2, -0.15) is 0 Å². The molecule has 3 heterocycles. The standard InChI is InChI=1S/C42H27N3/c1-5-13-39-29(9-1)21-34(26-43-39)32-23-31(24-33(25-32)35-22-30-10-2-6-14-40(30)44-27-35)28-17-19-36(20-18-28)45-41-15-7-3-11-37(41)38-12-4-8-16-42(38)45/h1-27H. The molecule has 0 aliphatic heterocycles. The smallest absolute Gasteiger partial charge is 0.0702 e. The Morgan fingerprint density at radius 3 is 1.33 bits per heavy atom. The minimum Gasteiger partial charge on any atom is -0.309 e. The third-order valence-electron chi connectivity index (χ3n) is 8.82. The molecule has 0 saturated heterocycles. The molecule has 0 N–H and O–H groups in total. The molecule has 0 atom stereocenters. The molecule has 3 heteroatoms. The molecule has 9 rings (SSSR count). The van der Waals surface area contributed by atoms with E-state index in [4.69, 9.17) is 9.97 Å². The second-order valence-corrected chi connectivity index (χ2v) is 11.5. The average Bonchev–Trinajstić information content (AvgIpc) is 3.45. The first-order valence-electron chi connectivity index (χ1n) is 15.2. The third kappa shape index (κ3) is 4.37. The number of benzene rings is 6. The minimum atomic E-state index is 0.997. The minimum absolute atomic E-state index is 0.997. The summed E-state index contributed by atoms with van der Waals surface area (Å²) in [6.07, 6.45) is 3.96. The lowest BCUT2D eigenvalue weighted by Crippen LogP contribution is -1.94. The fraction of sp³-hybridized carbons (Fsp3) is 0. The van der Waals surface area contributed by atoms with Crippen LogP contribution in [0, 0.1) is 0 Å². The van der Waals surface area contributed by atoms with Crippen LogP contribution in [0.1, 0.15) is 0 Å². The third-order valence-corrected chi connectivity index (χ3v) is 8.82. The molecule has 0 radical (unpaired) electrons. The van der Waals surface area contributed by atoms with Gasteiger partial charge in [-0.15, -0.1) is 0 Å². The van der Waals surface area contributed by atoms with Gasteiger partial charge in [0.25, 0.3) is 0 Å². The Kier molecular flexibility index (Phi) is 5.82. The van der Waals surface area contributed by atoms with Crippen LogP contribution in [-0.4, -0.2) is 14.5 Å². The Hall–Kier alpha value is -6.06. The molecule has 210 valence electrons. The lowest BCUT2D eigenvalue weighted by Gasteiger charge is -2.13. The average molecular weight is 574 g/mol. The topological polar surface area (TPSA) is 30.7 Å². The number of pyridine rings is 2. The molecule has 0 spiro atoms. The van der Waals surface area contributed by atoms with Gasteiger partial charge < -0.3 is 4.57 Å². The van der Waals surface area contributed by atoms with Crippen molar-refractivity contribution >= 4 is 43.6 Å². The van der Waals surface area contributed by atoms with Gasteiger partial charge >= 0.3 is 0 Å². The zero-order valence-electron chi connectivity index (χ0n) is 24.4. The van der Waals surface area contributed by atoms with Crippen LogP contribution in [0.4, 0.5) is 0 Å². The fourth-order valence-corrected chi connectivity index (χ4v) is 6.59. The predicted molar refractivity (Wildman–Crippen MR) is 188 cm³/mol. The summed E-state index contributed by atoms with van der Waals surface area (Å²) >= 11 is 0. The summed E-state index contributed by atoms with van der Waals surface area (Å²) < 4.78 is 2.36. The van der Waals surface area contributed by atoms with Gasteiger partial charge in [0.1, 0.15) is 0 Å². The summed E-state index contributed by atoms with van der Waals surface area (Å²) in [7, 11) is 0. The SMILES string of the molecule is c1ccc2ncc(-c3cc(-c4ccc(-n5c6ccccc6c6ccccc65)cc4)cc(-c4cnc5ccccc5c4)c3)cc2c1. The van der Waals surface area contributed by atoms with E-state index in [1.807, 2.05) is 24.5 Å². The van der Waals surface area contributed by atoms with Gasteiger partial charge in [0, 0.05) is 50.8 Å². The van der Waals surface area contributed by atoms with Gasteiger partial charge in [0.15, 0.2) is 0 Å². The molecule has 3 nitrogen and oxygen atoms in total. The largest absolute Gasteiger partial charge is 0.309 e. The molecule has 0 saturated carbocycles. The quantitative estimate of drug-likeness (QED) is 0.210. The van der Waals surface area contributed by atoms with Gasteiger partial charge in [-0.1, -0.05) is 84.9 Å². The molecular formula is C42H27N3. The molecular weight excluding hydrogens is 546 g/mol. The molecule has 45 heavy (non-hydrogen) atoms. The Morgan fingerprint density at radius 1 is 0.356 bits per heavy atom. The molecule has 0 aliphatic rings. The lowest BCUT2D eigenvalue weighted by molar-refractivity contribution is 1.18. The van der Waals surface area contributed by atoms with Crippen LogP contribution in [0.2, 0.25) is 0 Å². The highest BCUT2D eigenvalue weighted by molar-refractivity contribution is 6.09. The molecule has 9 aromatic rings. The van der Waals surface area contributed by atoms with Gasteiger partial charge in [-0.3, -0.25) is 9.97 Å². The van der Waals surface area contributed by atoms with Crippen LogP contribution in [0.15, 0.2) is 164 Å². The van der Waals surface area contributed by atoms with Crippen LogP contribution in [0.5, 0.6) is 0 Å². The Labute approximate surface area is 260 Å². The first-order valence-corrected chi connectivity index (χ1v) is 15.2. The molecule has 0 aliphatic carbocycles. The highest BCUT2D eigenvalue weighted by Crippen LogP contribution is 2.36. The summed E-state index contributed by atoms with van der Waals surface area (Å²) in [5.41, 5.74) is 12.3. The van der Waals surface area contributed by atoms with Crippen molar-refractivity contribution < 1.29 is 0 Å². The fourth-order valence-electron chi connectivity index (χ4n) is 6.59. The van der Waals surface area contributed by atoms with E-state index >= 15 is 0 Å². The summed E-state index contributed by atoms with van der Waals surface area (Å²) in [5, 5.41) is 4.79. The van der Waals surface area contributed by atoms with E-state index in [2.05, 4.69) is 144 Å². The van der Waals surface area contributed by atoms with Crippen LogP contribution < -0.4 is 0 Å². The highest BCUT2D eigenvalue weighted by atomic mass is 15.0. The number of fused-ring (bicyclic) bond motifs is 5. The zero-order valence-corrected chi connectivity index (χ0v) is 24.4. The molecule has 0 bridgehead atoms. The van der Waals surface area contributed by atoms with Crippen molar-refractivity contribution in [1.82, 2.24) is 14.5 Å². The van der Waals surface area contributed by atoms with Gasteiger partial charge in [-0.25, -0.2) is 0 Å². The van der Waals surface area contributed by atoms with Crippen molar-refractivity contribution in [2.45, 2.75) is 0 Å². The van der Waals surface area contributed by atoms with Crippen LogP contribution in [0.25, 0.3) is 82.7 Å². The first-order chi connectivity index (χ1) is 22.3. The molecule has 6 aromatic carbocycles. The first kappa shape index (κ1) is 25.4. The van der Waals surface area contributed by atoms with E-state index in [0.717, 1.165) is 60.9 Å². The summed E-state index contributed by atoms with van der Waals surface area (Å²) in [5.74, 6) is 0. The molecule has 0 unspecified atom stereocenters. The molecule has 0 amide bonds. The number of para-hydroxylation sites is 4. The van der Waals surface area contributed by atoms with Crippen molar-refractivity contribution in [1.29, 1.82) is 0 Å². The van der Waals surface area contributed by atoms with Crippen molar-refractivity contribution in [3.63, 3.8) is 0 Å². The van der Waals surface area contributed by atoms with E-state index in [1.54, 1.807) is 0 Å². The normalized spacial score (nSPS) is 11.6. The summed E-state index contributed by atoms with van der Waals surface area (Å²) in [6.45, 7) is 0. The number of nitrogens with zero attached hydrogens (tertiary/aromatic N) is 3. The predicted octanol–water partition coefficient (Wildman–Crippen LogP) is 10.9. The Morgan fingerprint density at radius 2 is 0.800 bits per heavy atom. The number of aromatic nitrogens is 3. The number of rotatable bonds is 4. The highest BCUT2D eigenvalue weighted by Gasteiger charge is 2.13. The van der Waals surface area contributed by atoms with Crippen molar-refractivity contribution in [3.8, 4) is 39.1 Å². The second kappa shape index (κ2) is 10.3. The summed E-state index contributed by atoms with van der Waals surface area (Å²) in [4.78, 5) is 9.56. The van der Waals surface area contributed by atoms with Crippen molar-refractivity contribution in [2.24, 2.45) is 0 Å². The zero-order chi connectivity index (χ0) is 29.7. The maximum atomic E-state index is 4.78. The Balaban J connectivity index is 1.20. The maximum Gasteiger partial charge on any atom is 0.0702 e. The number of hydrogen-bond acceptors (Lipinski definition) is 2. The lowest BCUT2D eigenvalue weighted by atomic mass is 9.93. The van der Waals surface area contributed by atoms with Gasteiger partial charge in [0.05, 0.1) is 22.1 Å². The number of hydrogen-bond donors (Lipinski definition) is 0. The van der Waals surface area contributed by atoms with E-state index in [1.165, 1.54) is 21.8 Å². The second-order valence-electron chi connectivity index (χ2n) is 11.5. The van der Waals surface area contributed by atoms with E-state index in [-0.39, 0.29) is 0 Å². The van der Waals surface area contributed by atoms with Gasteiger partial charge in [-0.05, 0) is 89.0 Å². The molecule has 3 aromatic heterocycles. The van der Waals surface area contributed by atoms with Crippen molar-refractivity contribution in [2.75, 3.05) is 0 Å². The van der Waals surface area contributed by atoms with E-state index in [9.17, 15) is 0 Å². The van der Waals surface area contributed by atoms with Crippen LogP contribution in [-0.2, 0) is 0 Å². The maximum absolute atomic E-state index is 4.78. The van der Waals surface area contributed by atoms with E-state index < -0.39 is 0 Å². The van der Waals surface area contributed by atoms with E-state index in [0.29, 0.717) is 0 Å². The Bertz CT molecular complexity index is 2390. The van der Waals surface area contributed by atoms with Crippen LogP contribution >= 0.6 is 0 Å².